The van der Waals surface area contributed by atoms with E-state index in [1.165, 1.54) is 0 Å². The monoisotopic (exact) mass is 235 g/mol. The molecule has 1 heterocycles. The largest absolute Gasteiger partial charge is 0.365 e. The second-order valence-electron chi connectivity index (χ2n) is 4.29. The fourth-order valence-corrected chi connectivity index (χ4v) is 2.22. The quantitative estimate of drug-likeness (QED) is 0.626. The van der Waals surface area contributed by atoms with Crippen molar-refractivity contribution in [3.8, 4) is 0 Å². The van der Waals surface area contributed by atoms with Crippen LogP contribution in [0.15, 0.2) is 18.2 Å². The van der Waals surface area contributed by atoms with Gasteiger partial charge in [0.25, 0.3) is 5.69 Å². The Morgan fingerprint density at radius 1 is 1.35 bits per heavy atom. The minimum absolute atomic E-state index is 0.245. The van der Waals surface area contributed by atoms with Crippen LogP contribution in [0.2, 0.25) is 0 Å². The second-order valence-corrected chi connectivity index (χ2v) is 4.29. The number of nitro benzene ring substituents is 1. The highest BCUT2D eigenvalue weighted by molar-refractivity contribution is 5.66. The summed E-state index contributed by atoms with van der Waals surface area (Å²) in [5, 5.41) is 14.4. The van der Waals surface area contributed by atoms with Gasteiger partial charge in [0.15, 0.2) is 0 Å². The number of nitrogens with one attached hydrogen (secondary N) is 1. The van der Waals surface area contributed by atoms with Crippen LogP contribution in [0.1, 0.15) is 12.0 Å². The van der Waals surface area contributed by atoms with Crippen LogP contribution in [0.4, 0.5) is 11.4 Å². The highest BCUT2D eigenvalue weighted by atomic mass is 16.6. The lowest BCUT2D eigenvalue weighted by molar-refractivity contribution is -0.384. The number of anilines is 1. The minimum Gasteiger partial charge on any atom is -0.365 e. The van der Waals surface area contributed by atoms with E-state index in [4.69, 9.17) is 0 Å². The molecular weight excluding hydrogens is 218 g/mol. The topological polar surface area (TPSA) is 58.4 Å². The van der Waals surface area contributed by atoms with Crippen molar-refractivity contribution in [3.05, 3.63) is 33.9 Å². The predicted molar refractivity (Wildman–Crippen MR) is 67.5 cm³/mol. The molecule has 1 aliphatic rings. The Balaban J connectivity index is 2.36. The molecule has 0 saturated carbocycles. The molecule has 0 atom stereocenters. The molecule has 1 fully saturated rings. The molecular formula is C12H17N3O2. The van der Waals surface area contributed by atoms with E-state index < -0.39 is 0 Å². The number of para-hydroxylation sites is 1. The molecule has 1 aliphatic heterocycles. The van der Waals surface area contributed by atoms with Gasteiger partial charge in [-0.1, -0.05) is 12.1 Å². The van der Waals surface area contributed by atoms with E-state index in [-0.39, 0.29) is 10.6 Å². The van der Waals surface area contributed by atoms with Gasteiger partial charge in [-0.2, -0.15) is 0 Å². The van der Waals surface area contributed by atoms with E-state index in [0.717, 1.165) is 43.9 Å². The average Bonchev–Trinajstić information content (AvgIpc) is 2.56. The third-order valence-corrected chi connectivity index (χ3v) is 3.08. The number of benzene rings is 1. The number of rotatable bonds is 2. The van der Waals surface area contributed by atoms with Crippen molar-refractivity contribution < 1.29 is 4.92 Å². The Labute approximate surface area is 101 Å². The fourth-order valence-electron chi connectivity index (χ4n) is 2.22. The highest BCUT2D eigenvalue weighted by Crippen LogP contribution is 2.31. The van der Waals surface area contributed by atoms with E-state index in [2.05, 4.69) is 10.2 Å². The molecule has 0 radical (unpaired) electrons. The van der Waals surface area contributed by atoms with E-state index in [1.807, 2.05) is 12.1 Å². The van der Waals surface area contributed by atoms with Crippen LogP contribution in [0.25, 0.3) is 0 Å². The number of hydrogen-bond acceptors (Lipinski definition) is 4. The third kappa shape index (κ3) is 2.55. The Bertz CT molecular complexity index is 412. The zero-order valence-electron chi connectivity index (χ0n) is 9.98. The number of nitrogens with zero attached hydrogens (tertiary/aromatic N) is 2. The maximum atomic E-state index is 11.1. The molecule has 17 heavy (non-hydrogen) atoms. The summed E-state index contributed by atoms with van der Waals surface area (Å²) in [6.07, 6.45) is 1.02. The summed E-state index contributed by atoms with van der Waals surface area (Å²) in [4.78, 5) is 13.0. The lowest BCUT2D eigenvalue weighted by Gasteiger charge is -2.22. The summed E-state index contributed by atoms with van der Waals surface area (Å²) in [7, 11) is 0. The first-order valence-electron chi connectivity index (χ1n) is 5.90. The zero-order valence-corrected chi connectivity index (χ0v) is 9.98. The van der Waals surface area contributed by atoms with Crippen LogP contribution in [-0.4, -0.2) is 31.1 Å². The zero-order chi connectivity index (χ0) is 12.3. The third-order valence-electron chi connectivity index (χ3n) is 3.08. The number of aryl methyl sites for hydroxylation is 1. The molecule has 0 amide bonds. The van der Waals surface area contributed by atoms with Crippen molar-refractivity contribution in [2.45, 2.75) is 13.3 Å². The maximum absolute atomic E-state index is 11.1. The molecule has 92 valence electrons. The van der Waals surface area contributed by atoms with E-state index in [0.29, 0.717) is 0 Å². The number of hydrogen-bond donors (Lipinski definition) is 1. The Morgan fingerprint density at radius 2 is 2.18 bits per heavy atom. The first kappa shape index (κ1) is 11.9. The molecule has 5 nitrogen and oxygen atoms in total. The SMILES string of the molecule is Cc1cccc(N2CCCNCC2)c1[N+](=O)[O-]. The molecule has 2 rings (SSSR count). The summed E-state index contributed by atoms with van der Waals surface area (Å²) in [5.41, 5.74) is 1.72. The van der Waals surface area contributed by atoms with Crippen LogP contribution in [0.3, 0.4) is 0 Å². The molecule has 0 unspecified atom stereocenters. The van der Waals surface area contributed by atoms with Crippen molar-refractivity contribution in [2.75, 3.05) is 31.1 Å². The van der Waals surface area contributed by atoms with Crippen LogP contribution >= 0.6 is 0 Å². The maximum Gasteiger partial charge on any atom is 0.295 e. The average molecular weight is 235 g/mol. The normalized spacial score (nSPS) is 16.6. The lowest BCUT2D eigenvalue weighted by atomic mass is 10.1. The molecule has 0 spiro atoms. The summed E-state index contributed by atoms with van der Waals surface area (Å²) >= 11 is 0. The van der Waals surface area contributed by atoms with E-state index in [1.54, 1.807) is 13.0 Å². The standard InChI is InChI=1S/C12H17N3O2/c1-10-4-2-5-11(12(10)15(16)17)14-8-3-6-13-7-9-14/h2,4-5,13H,3,6-9H2,1H3. The van der Waals surface area contributed by atoms with Crippen molar-refractivity contribution in [2.24, 2.45) is 0 Å². The van der Waals surface area contributed by atoms with Crippen LogP contribution in [-0.2, 0) is 0 Å². The van der Waals surface area contributed by atoms with Crippen LogP contribution < -0.4 is 10.2 Å². The van der Waals surface area contributed by atoms with Gasteiger partial charge in [-0.3, -0.25) is 10.1 Å². The molecule has 1 N–H and O–H groups in total. The summed E-state index contributed by atoms with van der Waals surface area (Å²) in [6, 6.07) is 5.52. The Kier molecular flexibility index (Phi) is 3.58. The molecule has 1 saturated heterocycles. The van der Waals surface area contributed by atoms with Gasteiger partial charge in [-0.25, -0.2) is 0 Å². The van der Waals surface area contributed by atoms with E-state index in [9.17, 15) is 10.1 Å². The van der Waals surface area contributed by atoms with Crippen LogP contribution in [0.5, 0.6) is 0 Å². The Hall–Kier alpha value is -1.62. The van der Waals surface area contributed by atoms with Gasteiger partial charge < -0.3 is 10.2 Å². The summed E-state index contributed by atoms with van der Waals surface area (Å²) < 4.78 is 0. The van der Waals surface area contributed by atoms with Gasteiger partial charge in [0.1, 0.15) is 5.69 Å². The second kappa shape index (κ2) is 5.14. The first-order chi connectivity index (χ1) is 8.20. The number of nitro groups is 1. The van der Waals surface area contributed by atoms with Crippen LogP contribution in [0, 0.1) is 17.0 Å². The first-order valence-corrected chi connectivity index (χ1v) is 5.90. The molecule has 0 aliphatic carbocycles. The van der Waals surface area contributed by atoms with Gasteiger partial charge in [-0.05, 0) is 26.0 Å². The predicted octanol–water partition coefficient (Wildman–Crippen LogP) is 1.70. The molecule has 1 aromatic rings. The molecule has 0 aromatic heterocycles. The van der Waals surface area contributed by atoms with Crippen molar-refractivity contribution in [1.29, 1.82) is 0 Å². The fraction of sp³-hybridized carbons (Fsp3) is 0.500. The van der Waals surface area contributed by atoms with Gasteiger partial charge in [-0.15, -0.1) is 0 Å². The van der Waals surface area contributed by atoms with Gasteiger partial charge in [0.2, 0.25) is 0 Å². The summed E-state index contributed by atoms with van der Waals surface area (Å²) in [6.45, 7) is 5.35. The summed E-state index contributed by atoms with van der Waals surface area (Å²) in [5.74, 6) is 0. The molecule has 1 aromatic carbocycles. The lowest BCUT2D eigenvalue weighted by Crippen LogP contribution is -2.28. The van der Waals surface area contributed by atoms with Crippen molar-refractivity contribution >= 4 is 11.4 Å². The molecule has 0 bridgehead atoms. The van der Waals surface area contributed by atoms with Gasteiger partial charge in [0.05, 0.1) is 4.92 Å². The van der Waals surface area contributed by atoms with Crippen molar-refractivity contribution in [1.82, 2.24) is 5.32 Å². The Morgan fingerprint density at radius 3 is 2.94 bits per heavy atom. The van der Waals surface area contributed by atoms with Gasteiger partial charge in [0, 0.05) is 25.2 Å². The minimum atomic E-state index is -0.275. The molecule has 5 heteroatoms. The highest BCUT2D eigenvalue weighted by Gasteiger charge is 2.22. The smallest absolute Gasteiger partial charge is 0.295 e. The van der Waals surface area contributed by atoms with Gasteiger partial charge >= 0.3 is 0 Å². The van der Waals surface area contributed by atoms with E-state index >= 15 is 0 Å². The van der Waals surface area contributed by atoms with Crippen molar-refractivity contribution in [3.63, 3.8) is 0 Å².